The molecule has 0 aliphatic carbocycles. The second-order valence-corrected chi connectivity index (χ2v) is 4.36. The lowest BCUT2D eigenvalue weighted by atomic mass is 10.0. The van der Waals surface area contributed by atoms with E-state index < -0.39 is 22.8 Å². The molecule has 0 saturated carbocycles. The molecule has 19 heavy (non-hydrogen) atoms. The number of ether oxygens (including phenoxy) is 1. The number of hydrogen-bond donors (Lipinski definition) is 0. The first-order valence-corrected chi connectivity index (χ1v) is 5.89. The highest BCUT2D eigenvalue weighted by molar-refractivity contribution is 6.22. The standard InChI is InChI=1S/C14H10ClF3O/c1-19-10-4-2-8(3-5-10)14(15)13-11(17)6-9(16)7-12(13)18/h2-7,14H,1H3. The summed E-state index contributed by atoms with van der Waals surface area (Å²) in [5, 5.41) is -1.04. The van der Waals surface area contributed by atoms with Gasteiger partial charge in [0.25, 0.3) is 0 Å². The zero-order valence-electron chi connectivity index (χ0n) is 9.96. The Kier molecular flexibility index (Phi) is 4.00. The molecule has 2 aromatic rings. The van der Waals surface area contributed by atoms with Crippen LogP contribution in [0.1, 0.15) is 16.5 Å². The van der Waals surface area contributed by atoms with E-state index in [-0.39, 0.29) is 5.56 Å². The Balaban J connectivity index is 2.40. The fourth-order valence-corrected chi connectivity index (χ4v) is 2.09. The molecule has 0 N–H and O–H groups in total. The van der Waals surface area contributed by atoms with E-state index in [9.17, 15) is 13.2 Å². The summed E-state index contributed by atoms with van der Waals surface area (Å²) < 4.78 is 45.0. The zero-order chi connectivity index (χ0) is 14.0. The lowest BCUT2D eigenvalue weighted by Crippen LogP contribution is -2.02. The van der Waals surface area contributed by atoms with Gasteiger partial charge in [-0.1, -0.05) is 12.1 Å². The normalized spacial score (nSPS) is 12.3. The van der Waals surface area contributed by atoms with Gasteiger partial charge in [0, 0.05) is 17.7 Å². The van der Waals surface area contributed by atoms with Gasteiger partial charge in [0.05, 0.1) is 12.5 Å². The molecule has 1 atom stereocenters. The lowest BCUT2D eigenvalue weighted by Gasteiger charge is -2.13. The summed E-state index contributed by atoms with van der Waals surface area (Å²) in [5.74, 6) is -2.38. The average Bonchev–Trinajstić information content (AvgIpc) is 2.37. The summed E-state index contributed by atoms with van der Waals surface area (Å²) in [7, 11) is 1.51. The van der Waals surface area contributed by atoms with Gasteiger partial charge in [0.15, 0.2) is 0 Å². The molecule has 0 heterocycles. The molecule has 2 rings (SSSR count). The molecule has 1 nitrogen and oxygen atoms in total. The average molecular weight is 287 g/mol. The number of halogens is 4. The fourth-order valence-electron chi connectivity index (χ4n) is 1.74. The summed E-state index contributed by atoms with van der Waals surface area (Å²) in [5.41, 5.74) is 0.125. The molecule has 0 aliphatic heterocycles. The molecule has 0 radical (unpaired) electrons. The number of hydrogen-bond acceptors (Lipinski definition) is 1. The minimum absolute atomic E-state index is 0.367. The van der Waals surface area contributed by atoms with Crippen molar-refractivity contribution in [2.75, 3.05) is 7.11 Å². The van der Waals surface area contributed by atoms with Crippen LogP contribution in [0.15, 0.2) is 36.4 Å². The molecule has 0 fully saturated rings. The highest BCUT2D eigenvalue weighted by Crippen LogP contribution is 2.33. The van der Waals surface area contributed by atoms with E-state index in [0.717, 1.165) is 0 Å². The van der Waals surface area contributed by atoms with Crippen molar-refractivity contribution in [2.45, 2.75) is 5.38 Å². The first-order chi connectivity index (χ1) is 9.02. The molecule has 2 aromatic carbocycles. The van der Waals surface area contributed by atoms with Crippen LogP contribution in [0.4, 0.5) is 13.2 Å². The highest BCUT2D eigenvalue weighted by Gasteiger charge is 2.21. The van der Waals surface area contributed by atoms with Crippen LogP contribution < -0.4 is 4.74 Å². The van der Waals surface area contributed by atoms with Crippen molar-refractivity contribution in [1.29, 1.82) is 0 Å². The summed E-state index contributed by atoms with van der Waals surface area (Å²) in [6, 6.07) is 7.67. The van der Waals surface area contributed by atoms with Crippen LogP contribution in [-0.2, 0) is 0 Å². The maximum atomic E-state index is 13.6. The molecule has 0 bridgehead atoms. The smallest absolute Gasteiger partial charge is 0.134 e. The van der Waals surface area contributed by atoms with Gasteiger partial charge in [-0.3, -0.25) is 0 Å². The van der Waals surface area contributed by atoms with Gasteiger partial charge >= 0.3 is 0 Å². The van der Waals surface area contributed by atoms with Gasteiger partial charge in [-0.15, -0.1) is 11.6 Å². The number of methoxy groups -OCH3 is 1. The number of rotatable bonds is 3. The summed E-state index contributed by atoms with van der Waals surface area (Å²) in [4.78, 5) is 0. The van der Waals surface area contributed by atoms with E-state index in [2.05, 4.69) is 0 Å². The quantitative estimate of drug-likeness (QED) is 0.758. The van der Waals surface area contributed by atoms with Crippen LogP contribution in [0.3, 0.4) is 0 Å². The molecule has 0 amide bonds. The van der Waals surface area contributed by atoms with Crippen LogP contribution in [0.5, 0.6) is 5.75 Å². The molecule has 0 aromatic heterocycles. The van der Waals surface area contributed by atoms with Crippen molar-refractivity contribution >= 4 is 11.6 Å². The van der Waals surface area contributed by atoms with Crippen molar-refractivity contribution in [2.24, 2.45) is 0 Å². The first-order valence-electron chi connectivity index (χ1n) is 5.45. The predicted molar refractivity (Wildman–Crippen MR) is 67.0 cm³/mol. The van der Waals surface area contributed by atoms with E-state index in [4.69, 9.17) is 16.3 Å². The lowest BCUT2D eigenvalue weighted by molar-refractivity contribution is 0.414. The first kappa shape index (κ1) is 13.7. The van der Waals surface area contributed by atoms with Gasteiger partial charge in [0.2, 0.25) is 0 Å². The van der Waals surface area contributed by atoms with Crippen molar-refractivity contribution < 1.29 is 17.9 Å². The third kappa shape index (κ3) is 2.84. The summed E-state index contributed by atoms with van der Waals surface area (Å²) in [6.45, 7) is 0. The molecule has 100 valence electrons. The van der Waals surface area contributed by atoms with Gasteiger partial charge in [-0.25, -0.2) is 13.2 Å². The number of alkyl halides is 1. The van der Waals surface area contributed by atoms with E-state index in [1.807, 2.05) is 0 Å². The van der Waals surface area contributed by atoms with E-state index in [1.165, 1.54) is 7.11 Å². The monoisotopic (exact) mass is 286 g/mol. The van der Waals surface area contributed by atoms with E-state index >= 15 is 0 Å². The van der Waals surface area contributed by atoms with E-state index in [1.54, 1.807) is 24.3 Å². The van der Waals surface area contributed by atoms with Crippen LogP contribution in [0.2, 0.25) is 0 Å². The minimum Gasteiger partial charge on any atom is -0.497 e. The van der Waals surface area contributed by atoms with Crippen molar-refractivity contribution in [3.05, 3.63) is 65.0 Å². The molecule has 0 aliphatic rings. The zero-order valence-corrected chi connectivity index (χ0v) is 10.7. The molecular weight excluding hydrogens is 277 g/mol. The summed E-state index contributed by atoms with van der Waals surface area (Å²) in [6.07, 6.45) is 0. The Bertz CT molecular complexity index is 561. The molecular formula is C14H10ClF3O. The fraction of sp³-hybridized carbons (Fsp3) is 0.143. The Labute approximate surface area is 113 Å². The third-order valence-corrected chi connectivity index (χ3v) is 3.18. The van der Waals surface area contributed by atoms with Crippen LogP contribution in [0.25, 0.3) is 0 Å². The van der Waals surface area contributed by atoms with Crippen LogP contribution in [0, 0.1) is 17.5 Å². The summed E-state index contributed by atoms with van der Waals surface area (Å²) >= 11 is 6.05. The Hall–Kier alpha value is -1.68. The highest BCUT2D eigenvalue weighted by atomic mass is 35.5. The van der Waals surface area contributed by atoms with Crippen molar-refractivity contribution in [1.82, 2.24) is 0 Å². The third-order valence-electron chi connectivity index (χ3n) is 2.71. The Morgan fingerprint density at radius 3 is 2.00 bits per heavy atom. The maximum Gasteiger partial charge on any atom is 0.134 e. The molecule has 1 unspecified atom stereocenters. The molecule has 0 saturated heterocycles. The van der Waals surface area contributed by atoms with Crippen molar-refractivity contribution in [3.63, 3.8) is 0 Å². The van der Waals surface area contributed by atoms with Crippen LogP contribution >= 0.6 is 11.6 Å². The minimum atomic E-state index is -1.04. The maximum absolute atomic E-state index is 13.6. The van der Waals surface area contributed by atoms with E-state index in [0.29, 0.717) is 23.4 Å². The van der Waals surface area contributed by atoms with Crippen LogP contribution in [-0.4, -0.2) is 7.11 Å². The van der Waals surface area contributed by atoms with Gasteiger partial charge in [0.1, 0.15) is 23.2 Å². The van der Waals surface area contributed by atoms with Gasteiger partial charge < -0.3 is 4.74 Å². The molecule has 5 heteroatoms. The Morgan fingerprint density at radius 2 is 1.53 bits per heavy atom. The van der Waals surface area contributed by atoms with Gasteiger partial charge in [-0.05, 0) is 17.7 Å². The van der Waals surface area contributed by atoms with Crippen molar-refractivity contribution in [3.8, 4) is 5.75 Å². The second kappa shape index (κ2) is 5.53. The SMILES string of the molecule is COc1ccc(C(Cl)c2c(F)cc(F)cc2F)cc1. The van der Waals surface area contributed by atoms with Gasteiger partial charge in [-0.2, -0.15) is 0 Å². The second-order valence-electron chi connectivity index (χ2n) is 3.92. The topological polar surface area (TPSA) is 9.23 Å². The Morgan fingerprint density at radius 1 is 1.00 bits per heavy atom. The largest absolute Gasteiger partial charge is 0.497 e. The predicted octanol–water partition coefficient (Wildman–Crippen LogP) is 4.44. The number of benzene rings is 2. The molecule has 0 spiro atoms.